The summed E-state index contributed by atoms with van der Waals surface area (Å²) in [6, 6.07) is 6.43. The number of rotatable bonds is 0. The minimum absolute atomic E-state index is 0.0676. The first kappa shape index (κ1) is 13.0. The van der Waals surface area contributed by atoms with Crippen molar-refractivity contribution in [2.45, 2.75) is 52.4 Å². The molecule has 0 aliphatic carbocycles. The van der Waals surface area contributed by atoms with Crippen LogP contribution in [0.2, 0.25) is 0 Å². The average molecular weight is 242 g/mol. The van der Waals surface area contributed by atoms with Gasteiger partial charge in [-0.05, 0) is 28.0 Å². The summed E-state index contributed by atoms with van der Waals surface area (Å²) < 4.78 is 0. The molecule has 0 unspecified atom stereocenters. The normalized spacial score (nSPS) is 13.0. The second-order valence-corrected chi connectivity index (χ2v) is 6.96. The summed E-state index contributed by atoms with van der Waals surface area (Å²) in [5.74, 6) is 0. The van der Waals surface area contributed by atoms with Gasteiger partial charge in [0.1, 0.15) is 0 Å². The van der Waals surface area contributed by atoms with Crippen LogP contribution in [0.3, 0.4) is 0 Å². The Morgan fingerprint density at radius 1 is 0.833 bits per heavy atom. The van der Waals surface area contributed by atoms with Gasteiger partial charge >= 0.3 is 0 Å². The van der Waals surface area contributed by atoms with Gasteiger partial charge < -0.3 is 0 Å². The number of nitrogens with zero attached hydrogens (tertiary/aromatic N) is 2. The first-order valence-corrected chi connectivity index (χ1v) is 6.46. The molecule has 0 fully saturated rings. The van der Waals surface area contributed by atoms with Crippen molar-refractivity contribution in [1.82, 2.24) is 10.2 Å². The fourth-order valence-corrected chi connectivity index (χ4v) is 2.44. The lowest BCUT2D eigenvalue weighted by molar-refractivity contribution is 0.533. The quantitative estimate of drug-likeness (QED) is 0.691. The van der Waals surface area contributed by atoms with E-state index in [1.165, 1.54) is 16.5 Å². The molecule has 1 aromatic carbocycles. The highest BCUT2D eigenvalue weighted by molar-refractivity contribution is 5.83. The summed E-state index contributed by atoms with van der Waals surface area (Å²) in [5, 5.41) is 9.60. The van der Waals surface area contributed by atoms with Gasteiger partial charge in [0.05, 0.1) is 11.7 Å². The minimum Gasteiger partial charge on any atom is -0.159 e. The van der Waals surface area contributed by atoms with Crippen LogP contribution >= 0.6 is 0 Å². The Morgan fingerprint density at radius 3 is 2.06 bits per heavy atom. The molecule has 0 spiro atoms. The molecule has 0 aliphatic heterocycles. The molecule has 0 radical (unpaired) electrons. The van der Waals surface area contributed by atoms with E-state index in [0.29, 0.717) is 0 Å². The standard InChI is InChI=1S/C16H22N2/c1-15(2,3)12-8-7-11-9-10-17-18-14(11)13(12)16(4,5)6/h7-10H,1-6H3. The van der Waals surface area contributed by atoms with Crippen LogP contribution in [0.4, 0.5) is 0 Å². The molecule has 0 saturated carbocycles. The van der Waals surface area contributed by atoms with Gasteiger partial charge in [0.15, 0.2) is 0 Å². The predicted octanol–water partition coefficient (Wildman–Crippen LogP) is 4.22. The van der Waals surface area contributed by atoms with Crippen molar-refractivity contribution in [2.75, 3.05) is 0 Å². The van der Waals surface area contributed by atoms with Crippen molar-refractivity contribution in [2.24, 2.45) is 0 Å². The molecule has 2 heteroatoms. The first-order valence-electron chi connectivity index (χ1n) is 6.46. The number of hydrogen-bond donors (Lipinski definition) is 0. The van der Waals surface area contributed by atoms with E-state index in [1.54, 1.807) is 6.20 Å². The summed E-state index contributed by atoms with van der Waals surface area (Å²) in [5.41, 5.74) is 3.91. The summed E-state index contributed by atoms with van der Waals surface area (Å²) in [6.45, 7) is 13.5. The molecule has 0 saturated heterocycles. The second-order valence-electron chi connectivity index (χ2n) is 6.96. The zero-order valence-corrected chi connectivity index (χ0v) is 12.2. The minimum atomic E-state index is 0.0676. The van der Waals surface area contributed by atoms with Crippen LogP contribution in [-0.2, 0) is 10.8 Å². The van der Waals surface area contributed by atoms with E-state index in [4.69, 9.17) is 0 Å². The molecule has 0 bridgehead atoms. The van der Waals surface area contributed by atoms with Crippen LogP contribution < -0.4 is 0 Å². The molecule has 18 heavy (non-hydrogen) atoms. The fourth-order valence-electron chi connectivity index (χ4n) is 2.44. The topological polar surface area (TPSA) is 25.8 Å². The zero-order valence-electron chi connectivity index (χ0n) is 12.2. The van der Waals surface area contributed by atoms with Crippen LogP contribution in [0.5, 0.6) is 0 Å². The summed E-state index contributed by atoms with van der Waals surface area (Å²) >= 11 is 0. The third kappa shape index (κ3) is 2.24. The van der Waals surface area contributed by atoms with Gasteiger partial charge in [-0.1, -0.05) is 53.7 Å². The van der Waals surface area contributed by atoms with E-state index in [9.17, 15) is 0 Å². The number of fused-ring (bicyclic) bond motifs is 1. The Labute approximate surface area is 109 Å². The predicted molar refractivity (Wildman–Crippen MR) is 76.9 cm³/mol. The highest BCUT2D eigenvalue weighted by Gasteiger charge is 2.27. The summed E-state index contributed by atoms with van der Waals surface area (Å²) in [7, 11) is 0. The van der Waals surface area contributed by atoms with Gasteiger partial charge in [-0.25, -0.2) is 0 Å². The van der Waals surface area contributed by atoms with Crippen molar-refractivity contribution < 1.29 is 0 Å². The highest BCUT2D eigenvalue weighted by atomic mass is 15.1. The molecule has 0 atom stereocenters. The lowest BCUT2D eigenvalue weighted by Crippen LogP contribution is -2.22. The Balaban J connectivity index is 2.89. The van der Waals surface area contributed by atoms with E-state index in [1.807, 2.05) is 6.07 Å². The Bertz CT molecular complexity index is 572. The largest absolute Gasteiger partial charge is 0.159 e. The molecule has 2 rings (SSSR count). The van der Waals surface area contributed by atoms with Crippen molar-refractivity contribution in [3.8, 4) is 0 Å². The van der Waals surface area contributed by atoms with Gasteiger partial charge in [0, 0.05) is 5.39 Å². The van der Waals surface area contributed by atoms with Crippen LogP contribution in [0.1, 0.15) is 52.7 Å². The zero-order chi connectivity index (χ0) is 13.6. The Morgan fingerprint density at radius 2 is 1.50 bits per heavy atom. The second kappa shape index (κ2) is 4.04. The van der Waals surface area contributed by atoms with Crippen molar-refractivity contribution in [1.29, 1.82) is 0 Å². The lowest BCUT2D eigenvalue weighted by atomic mass is 9.74. The molecule has 96 valence electrons. The molecule has 1 aromatic heterocycles. The molecule has 0 amide bonds. The number of hydrogen-bond acceptors (Lipinski definition) is 2. The maximum absolute atomic E-state index is 4.37. The van der Waals surface area contributed by atoms with E-state index in [0.717, 1.165) is 5.52 Å². The molecule has 0 aliphatic rings. The van der Waals surface area contributed by atoms with Crippen molar-refractivity contribution in [3.63, 3.8) is 0 Å². The molecule has 0 N–H and O–H groups in total. The van der Waals surface area contributed by atoms with Crippen LogP contribution in [0, 0.1) is 0 Å². The van der Waals surface area contributed by atoms with Crippen LogP contribution in [0.25, 0.3) is 10.9 Å². The molecular weight excluding hydrogens is 220 g/mol. The van der Waals surface area contributed by atoms with Crippen molar-refractivity contribution in [3.05, 3.63) is 35.5 Å². The van der Waals surface area contributed by atoms with E-state index < -0.39 is 0 Å². The Kier molecular flexibility index (Phi) is 2.92. The molecule has 2 nitrogen and oxygen atoms in total. The maximum Gasteiger partial charge on any atom is 0.0969 e. The SMILES string of the molecule is CC(C)(C)c1ccc2ccnnc2c1C(C)(C)C. The van der Waals surface area contributed by atoms with Crippen molar-refractivity contribution >= 4 is 10.9 Å². The summed E-state index contributed by atoms with van der Waals surface area (Å²) in [4.78, 5) is 0. The number of benzene rings is 1. The number of aromatic nitrogens is 2. The van der Waals surface area contributed by atoms with Gasteiger partial charge in [0.25, 0.3) is 0 Å². The average Bonchev–Trinajstić information content (AvgIpc) is 2.24. The van der Waals surface area contributed by atoms with Gasteiger partial charge in [-0.3, -0.25) is 0 Å². The lowest BCUT2D eigenvalue weighted by Gasteiger charge is -2.30. The Hall–Kier alpha value is -1.44. The smallest absolute Gasteiger partial charge is 0.0969 e. The van der Waals surface area contributed by atoms with Crippen LogP contribution in [0.15, 0.2) is 24.4 Å². The van der Waals surface area contributed by atoms with E-state index >= 15 is 0 Å². The molecular formula is C16H22N2. The fraction of sp³-hybridized carbons (Fsp3) is 0.500. The monoisotopic (exact) mass is 242 g/mol. The molecule has 2 aromatic rings. The molecule has 1 heterocycles. The van der Waals surface area contributed by atoms with E-state index in [2.05, 4.69) is 63.9 Å². The summed E-state index contributed by atoms with van der Waals surface area (Å²) in [6.07, 6.45) is 1.76. The highest BCUT2D eigenvalue weighted by Crippen LogP contribution is 2.37. The third-order valence-electron chi connectivity index (χ3n) is 3.25. The van der Waals surface area contributed by atoms with Gasteiger partial charge in [-0.2, -0.15) is 10.2 Å². The third-order valence-corrected chi connectivity index (χ3v) is 3.25. The van der Waals surface area contributed by atoms with Gasteiger partial charge in [-0.15, -0.1) is 0 Å². The van der Waals surface area contributed by atoms with Gasteiger partial charge in [0.2, 0.25) is 0 Å². The van der Waals surface area contributed by atoms with E-state index in [-0.39, 0.29) is 10.8 Å². The maximum atomic E-state index is 4.37. The first-order chi connectivity index (χ1) is 8.21. The van der Waals surface area contributed by atoms with Crippen LogP contribution in [-0.4, -0.2) is 10.2 Å².